The monoisotopic (exact) mass is 199 g/mol. The van der Waals surface area contributed by atoms with Gasteiger partial charge in [-0.3, -0.25) is 0 Å². The van der Waals surface area contributed by atoms with Gasteiger partial charge in [-0.25, -0.2) is 0 Å². The van der Waals surface area contributed by atoms with Crippen LogP contribution in [0.1, 0.15) is 20.3 Å². The second-order valence-electron chi connectivity index (χ2n) is 4.72. The molecule has 1 nitrogen and oxygen atoms in total. The Kier molecular flexibility index (Phi) is 5.57. The lowest BCUT2D eigenvalue weighted by Crippen LogP contribution is -2.33. The number of nitrogens with zero attached hydrogens (tertiary/aromatic N) is 1. The fourth-order valence-corrected chi connectivity index (χ4v) is 2.54. The predicted octanol–water partition coefficient (Wildman–Crippen LogP) is 3.15. The van der Waals surface area contributed by atoms with Gasteiger partial charge in [0.05, 0.1) is 8.07 Å². The van der Waals surface area contributed by atoms with E-state index in [1.54, 1.807) is 0 Å². The standard InChI is InChI=1S/C11H25NSi/c1-7-8-12(4)9-10-13(5,6)11(2)3/h2,7-10H2,1,3-6H3. The van der Waals surface area contributed by atoms with Gasteiger partial charge in [0, 0.05) is 0 Å². The van der Waals surface area contributed by atoms with Gasteiger partial charge in [-0.15, -0.1) is 6.58 Å². The molecule has 0 atom stereocenters. The molecular weight excluding hydrogens is 174 g/mol. The summed E-state index contributed by atoms with van der Waals surface area (Å²) in [5, 5.41) is 1.43. The Morgan fingerprint density at radius 2 is 1.85 bits per heavy atom. The van der Waals surface area contributed by atoms with E-state index in [9.17, 15) is 0 Å². The van der Waals surface area contributed by atoms with Crippen molar-refractivity contribution in [2.24, 2.45) is 0 Å². The summed E-state index contributed by atoms with van der Waals surface area (Å²) in [6, 6.07) is 1.35. The van der Waals surface area contributed by atoms with E-state index in [1.165, 1.54) is 30.8 Å². The van der Waals surface area contributed by atoms with Gasteiger partial charge in [0.2, 0.25) is 0 Å². The van der Waals surface area contributed by atoms with Crippen LogP contribution in [-0.2, 0) is 0 Å². The highest BCUT2D eigenvalue weighted by molar-refractivity contribution is 6.84. The molecule has 0 bridgehead atoms. The molecule has 13 heavy (non-hydrogen) atoms. The van der Waals surface area contributed by atoms with Crippen molar-refractivity contribution in [3.8, 4) is 0 Å². The first-order chi connectivity index (χ1) is 5.90. The van der Waals surface area contributed by atoms with E-state index >= 15 is 0 Å². The van der Waals surface area contributed by atoms with E-state index in [-0.39, 0.29) is 0 Å². The second-order valence-corrected chi connectivity index (χ2v) is 9.84. The molecule has 0 spiro atoms. The van der Waals surface area contributed by atoms with Gasteiger partial charge >= 0.3 is 0 Å². The Morgan fingerprint density at radius 1 is 1.31 bits per heavy atom. The Bertz CT molecular complexity index is 163. The third kappa shape index (κ3) is 5.27. The molecule has 0 aliphatic rings. The van der Waals surface area contributed by atoms with Crippen molar-refractivity contribution in [3.63, 3.8) is 0 Å². The van der Waals surface area contributed by atoms with Crippen LogP contribution >= 0.6 is 0 Å². The van der Waals surface area contributed by atoms with Crippen molar-refractivity contribution in [3.05, 3.63) is 11.8 Å². The molecule has 0 aliphatic heterocycles. The minimum atomic E-state index is -1.11. The maximum atomic E-state index is 4.09. The van der Waals surface area contributed by atoms with Crippen LogP contribution in [0.5, 0.6) is 0 Å². The van der Waals surface area contributed by atoms with Crippen LogP contribution in [0.25, 0.3) is 0 Å². The van der Waals surface area contributed by atoms with Gasteiger partial charge in [0.25, 0.3) is 0 Å². The molecule has 78 valence electrons. The second kappa shape index (κ2) is 5.61. The molecule has 0 aromatic rings. The van der Waals surface area contributed by atoms with E-state index in [1.807, 2.05) is 0 Å². The maximum Gasteiger partial charge on any atom is 0.0755 e. The molecule has 0 fully saturated rings. The lowest BCUT2D eigenvalue weighted by molar-refractivity contribution is 0.352. The lowest BCUT2D eigenvalue weighted by Gasteiger charge is -2.25. The molecule has 0 saturated carbocycles. The lowest BCUT2D eigenvalue weighted by atomic mass is 10.4. The Balaban J connectivity index is 3.80. The highest BCUT2D eigenvalue weighted by atomic mass is 28.3. The van der Waals surface area contributed by atoms with Gasteiger partial charge in [-0.1, -0.05) is 25.2 Å². The number of rotatable bonds is 6. The molecule has 0 radical (unpaired) electrons. The van der Waals surface area contributed by atoms with Crippen molar-refractivity contribution < 1.29 is 0 Å². The van der Waals surface area contributed by atoms with Gasteiger partial charge in [-0.05, 0) is 39.5 Å². The topological polar surface area (TPSA) is 3.24 Å². The summed E-state index contributed by atoms with van der Waals surface area (Å²) in [6.45, 7) is 15.8. The smallest absolute Gasteiger partial charge is 0.0755 e. The quantitative estimate of drug-likeness (QED) is 0.594. The van der Waals surface area contributed by atoms with E-state index < -0.39 is 8.07 Å². The van der Waals surface area contributed by atoms with Crippen LogP contribution in [0, 0.1) is 0 Å². The third-order valence-electron chi connectivity index (χ3n) is 2.88. The summed E-state index contributed by atoms with van der Waals surface area (Å²) in [6.07, 6.45) is 1.26. The van der Waals surface area contributed by atoms with Crippen LogP contribution in [0.3, 0.4) is 0 Å². The van der Waals surface area contributed by atoms with Crippen LogP contribution in [0.15, 0.2) is 11.8 Å². The largest absolute Gasteiger partial charge is 0.307 e. The molecule has 0 aromatic heterocycles. The molecular formula is C11H25NSi. The molecule has 2 heteroatoms. The van der Waals surface area contributed by atoms with Crippen molar-refractivity contribution in [2.75, 3.05) is 20.1 Å². The van der Waals surface area contributed by atoms with Crippen molar-refractivity contribution in [1.82, 2.24) is 4.90 Å². The summed E-state index contributed by atoms with van der Waals surface area (Å²) in [5.74, 6) is 0. The zero-order valence-electron chi connectivity index (χ0n) is 9.98. The van der Waals surface area contributed by atoms with Crippen LogP contribution in [0.4, 0.5) is 0 Å². The van der Waals surface area contributed by atoms with Gasteiger partial charge in [0.15, 0.2) is 0 Å². The summed E-state index contributed by atoms with van der Waals surface area (Å²) < 4.78 is 0. The number of allylic oxidation sites excluding steroid dienone is 1. The van der Waals surface area contributed by atoms with E-state index in [4.69, 9.17) is 0 Å². The van der Waals surface area contributed by atoms with Crippen molar-refractivity contribution >= 4 is 8.07 Å². The summed E-state index contributed by atoms with van der Waals surface area (Å²) in [4.78, 5) is 2.43. The minimum Gasteiger partial charge on any atom is -0.307 e. The first-order valence-electron chi connectivity index (χ1n) is 5.24. The fraction of sp³-hybridized carbons (Fsp3) is 0.818. The van der Waals surface area contributed by atoms with Gasteiger partial charge in [-0.2, -0.15) is 0 Å². The van der Waals surface area contributed by atoms with Crippen molar-refractivity contribution in [1.29, 1.82) is 0 Å². The number of hydrogen-bond donors (Lipinski definition) is 0. The molecule has 0 rings (SSSR count). The van der Waals surface area contributed by atoms with E-state index in [0.29, 0.717) is 0 Å². The van der Waals surface area contributed by atoms with Gasteiger partial charge < -0.3 is 4.90 Å². The van der Waals surface area contributed by atoms with E-state index in [0.717, 1.165) is 0 Å². The number of hydrogen-bond acceptors (Lipinski definition) is 1. The fourth-order valence-electron chi connectivity index (χ4n) is 1.18. The average molecular weight is 199 g/mol. The minimum absolute atomic E-state index is 1.11. The third-order valence-corrected chi connectivity index (χ3v) is 6.66. The molecule has 0 saturated heterocycles. The molecule has 0 aromatic carbocycles. The highest BCUT2D eigenvalue weighted by Gasteiger charge is 2.21. The van der Waals surface area contributed by atoms with Crippen molar-refractivity contribution in [2.45, 2.75) is 39.4 Å². The summed E-state index contributed by atoms with van der Waals surface area (Å²) in [7, 11) is 1.11. The molecule has 0 amide bonds. The van der Waals surface area contributed by atoms with Crippen LogP contribution in [0.2, 0.25) is 19.1 Å². The average Bonchev–Trinajstić information content (AvgIpc) is 2.01. The van der Waals surface area contributed by atoms with Crippen LogP contribution in [-0.4, -0.2) is 33.1 Å². The Morgan fingerprint density at radius 3 is 2.23 bits per heavy atom. The molecule has 0 heterocycles. The predicted molar refractivity (Wildman–Crippen MR) is 64.9 cm³/mol. The molecule has 0 N–H and O–H groups in total. The summed E-state index contributed by atoms with van der Waals surface area (Å²) in [5.41, 5.74) is 0. The Labute approximate surface area is 84.8 Å². The Hall–Kier alpha value is -0.0831. The van der Waals surface area contributed by atoms with E-state index in [2.05, 4.69) is 45.5 Å². The molecule has 0 aliphatic carbocycles. The maximum absolute atomic E-state index is 4.09. The SMILES string of the molecule is C=C(C)[Si](C)(C)CCN(C)CCC. The van der Waals surface area contributed by atoms with Crippen LogP contribution < -0.4 is 0 Å². The zero-order chi connectivity index (χ0) is 10.5. The first-order valence-corrected chi connectivity index (χ1v) is 8.45. The first kappa shape index (κ1) is 12.9. The normalized spacial score (nSPS) is 12.2. The summed E-state index contributed by atoms with van der Waals surface area (Å²) >= 11 is 0. The highest BCUT2D eigenvalue weighted by Crippen LogP contribution is 2.17. The zero-order valence-corrected chi connectivity index (χ0v) is 11.0. The molecule has 0 unspecified atom stereocenters. The van der Waals surface area contributed by atoms with Gasteiger partial charge in [0.1, 0.15) is 0 Å².